The number of fused-ring (bicyclic) bond motifs is 2. The second-order valence-corrected chi connectivity index (χ2v) is 21.1. The van der Waals surface area contributed by atoms with E-state index in [0.29, 0.717) is 29.0 Å². The Morgan fingerprint density at radius 1 is 0.774 bits per heavy atom. The zero-order valence-corrected chi connectivity index (χ0v) is 31.3. The molecule has 4 aliphatic heterocycles. The summed E-state index contributed by atoms with van der Waals surface area (Å²) in [6, 6.07) is 17.7. The summed E-state index contributed by atoms with van der Waals surface area (Å²) in [5, 5.41) is 7.76. The van der Waals surface area contributed by atoms with E-state index < -0.39 is 43.0 Å². The molecule has 4 heterocycles. The fourth-order valence-electron chi connectivity index (χ4n) is 7.26. The van der Waals surface area contributed by atoms with Crippen LogP contribution in [-0.2, 0) is 33.0 Å². The van der Waals surface area contributed by atoms with Crippen LogP contribution in [0.5, 0.6) is 5.75 Å². The number of rotatable bonds is 12. The van der Waals surface area contributed by atoms with E-state index >= 15 is 0 Å². The molecule has 2 fully saturated rings. The van der Waals surface area contributed by atoms with Gasteiger partial charge in [-0.1, -0.05) is 56.0 Å². The highest BCUT2D eigenvalue weighted by molar-refractivity contribution is 6.76. The summed E-state index contributed by atoms with van der Waals surface area (Å²) in [5.74, 6) is -0.961. The summed E-state index contributed by atoms with van der Waals surface area (Å²) in [6.07, 6.45) is 0. The summed E-state index contributed by atoms with van der Waals surface area (Å²) in [5.41, 5.74) is 1.86. The molecule has 276 valence electrons. The van der Waals surface area contributed by atoms with Crippen LogP contribution in [0, 0.1) is 0 Å². The molecule has 0 aromatic heterocycles. The van der Waals surface area contributed by atoms with Crippen molar-refractivity contribution in [1.82, 2.24) is 30.7 Å². The topological polar surface area (TPSA) is 167 Å². The maximum Gasteiger partial charge on any atom is 0.327 e. The van der Waals surface area contributed by atoms with Crippen LogP contribution < -0.4 is 20.7 Å². The molecule has 2 saturated heterocycles. The van der Waals surface area contributed by atoms with Crippen LogP contribution in [0.2, 0.25) is 25.7 Å². The van der Waals surface area contributed by atoms with Gasteiger partial charge in [0.1, 0.15) is 18.0 Å². The lowest BCUT2D eigenvalue weighted by atomic mass is 9.87. The number of hydrogen-bond donors (Lipinski definition) is 3. The molecule has 14 nitrogen and oxygen atoms in total. The molecule has 15 heteroatoms. The van der Waals surface area contributed by atoms with Gasteiger partial charge in [-0.05, 0) is 65.1 Å². The predicted molar refractivity (Wildman–Crippen MR) is 195 cm³/mol. The third-order valence-electron chi connectivity index (χ3n) is 10.3. The van der Waals surface area contributed by atoms with Crippen molar-refractivity contribution in [3.63, 3.8) is 0 Å². The lowest BCUT2D eigenvalue weighted by Gasteiger charge is -2.32. The number of hydrogen-bond acceptors (Lipinski definition) is 8. The second kappa shape index (κ2) is 13.1. The van der Waals surface area contributed by atoms with Crippen molar-refractivity contribution in [2.24, 2.45) is 0 Å². The van der Waals surface area contributed by atoms with E-state index in [1.807, 2.05) is 30.3 Å². The molecule has 53 heavy (non-hydrogen) atoms. The molecule has 8 amide bonds. The molecule has 3 N–H and O–H groups in total. The Balaban J connectivity index is 1.14. The van der Waals surface area contributed by atoms with Gasteiger partial charge in [-0.3, -0.25) is 24.5 Å². The molecule has 3 aromatic rings. The van der Waals surface area contributed by atoms with E-state index in [4.69, 9.17) is 9.47 Å². The van der Waals surface area contributed by atoms with E-state index in [0.717, 1.165) is 33.2 Å². The fraction of sp³-hybridized carbons (Fsp3) is 0.368. The van der Waals surface area contributed by atoms with Crippen LogP contribution in [0.1, 0.15) is 44.3 Å². The van der Waals surface area contributed by atoms with Gasteiger partial charge >= 0.3 is 12.1 Å². The Morgan fingerprint density at radius 2 is 1.45 bits per heavy atom. The van der Waals surface area contributed by atoms with Crippen molar-refractivity contribution in [2.45, 2.75) is 56.8 Å². The van der Waals surface area contributed by atoms with Gasteiger partial charge in [-0.25, -0.2) is 14.5 Å². The van der Waals surface area contributed by atoms with Gasteiger partial charge < -0.3 is 29.9 Å². The molecule has 0 aliphatic carbocycles. The number of amides is 8. The van der Waals surface area contributed by atoms with Gasteiger partial charge in [0, 0.05) is 38.9 Å². The quantitative estimate of drug-likeness (QED) is 0.144. The summed E-state index contributed by atoms with van der Waals surface area (Å²) in [6.45, 7) is 8.88. The highest BCUT2D eigenvalue weighted by Gasteiger charge is 2.54. The molecule has 0 saturated carbocycles. The summed E-state index contributed by atoms with van der Waals surface area (Å²) >= 11 is 0. The van der Waals surface area contributed by atoms with Crippen molar-refractivity contribution in [2.75, 3.05) is 33.5 Å². The minimum atomic E-state index is -1.58. The van der Waals surface area contributed by atoms with Crippen molar-refractivity contribution in [3.05, 3.63) is 88.5 Å². The maximum absolute atomic E-state index is 14.4. The van der Waals surface area contributed by atoms with Crippen molar-refractivity contribution in [1.29, 1.82) is 0 Å². The predicted octanol–water partition coefficient (Wildman–Crippen LogP) is 3.63. The van der Waals surface area contributed by atoms with Crippen molar-refractivity contribution in [3.8, 4) is 16.9 Å². The highest BCUT2D eigenvalue weighted by Crippen LogP contribution is 2.36. The summed E-state index contributed by atoms with van der Waals surface area (Å²) < 4.78 is 11.2. The molecule has 4 aliphatic rings. The van der Waals surface area contributed by atoms with E-state index in [1.54, 1.807) is 42.2 Å². The third-order valence-corrected chi connectivity index (χ3v) is 12.0. The first-order valence-corrected chi connectivity index (χ1v) is 21.2. The Hall–Kier alpha value is -5.54. The summed E-state index contributed by atoms with van der Waals surface area (Å²) in [7, 11) is 0.119. The van der Waals surface area contributed by atoms with Crippen molar-refractivity contribution < 1.29 is 38.2 Å². The maximum atomic E-state index is 14.4. The first-order valence-electron chi connectivity index (χ1n) is 17.5. The normalized spacial score (nSPS) is 22.3. The zero-order valence-electron chi connectivity index (χ0n) is 30.3. The van der Waals surface area contributed by atoms with Crippen LogP contribution in [0.4, 0.5) is 9.59 Å². The van der Waals surface area contributed by atoms with Gasteiger partial charge in [0.25, 0.3) is 23.6 Å². The van der Waals surface area contributed by atoms with Gasteiger partial charge in [-0.2, -0.15) is 0 Å². The largest absolute Gasteiger partial charge is 0.497 e. The lowest BCUT2D eigenvalue weighted by Crippen LogP contribution is -2.53. The number of nitrogens with one attached hydrogen (secondary N) is 3. The number of methoxy groups -OCH3 is 1. The Morgan fingerprint density at radius 3 is 2.13 bits per heavy atom. The van der Waals surface area contributed by atoms with Crippen LogP contribution in [0.15, 0.2) is 60.7 Å². The molecular formula is C38H42N6O8Si. The molecule has 0 radical (unpaired) electrons. The number of imide groups is 2. The molecular weight excluding hydrogens is 697 g/mol. The van der Waals surface area contributed by atoms with E-state index in [2.05, 4.69) is 35.6 Å². The lowest BCUT2D eigenvalue weighted by molar-refractivity contribution is -0.135. The second-order valence-electron chi connectivity index (χ2n) is 15.5. The van der Waals surface area contributed by atoms with Gasteiger partial charge in [0.05, 0.1) is 20.2 Å². The van der Waals surface area contributed by atoms with Gasteiger partial charge in [0.15, 0.2) is 5.54 Å². The monoisotopic (exact) mass is 738 g/mol. The zero-order chi connectivity index (χ0) is 37.9. The van der Waals surface area contributed by atoms with Crippen LogP contribution in [0.3, 0.4) is 0 Å². The minimum absolute atomic E-state index is 0.0163. The molecule has 0 bridgehead atoms. The Bertz CT molecular complexity index is 2070. The fourth-order valence-corrected chi connectivity index (χ4v) is 8.02. The molecule has 2 atom stereocenters. The molecule has 1 unspecified atom stereocenters. The highest BCUT2D eigenvalue weighted by atomic mass is 28.3. The molecule has 3 aromatic carbocycles. The Labute approximate surface area is 307 Å². The average Bonchev–Trinajstić information content (AvgIpc) is 3.76. The van der Waals surface area contributed by atoms with E-state index in [-0.39, 0.29) is 44.7 Å². The average molecular weight is 739 g/mol. The van der Waals surface area contributed by atoms with Gasteiger partial charge in [-0.15, -0.1) is 0 Å². The van der Waals surface area contributed by atoms with Gasteiger partial charge in [0.2, 0.25) is 0 Å². The number of urea groups is 2. The molecule has 0 spiro atoms. The number of carbonyl (C=O) groups is 6. The SMILES string of the molecule is COc1ccc2c(c1)C(=O)N(C[C@@]1(c3ccc(-c4ccc5c(c4)CN(CC4(C)NC(=O)NC4=O)C5=O)cc3)NC(=O)N(COCC[Si](C)(C)C)C1=O)C2. The van der Waals surface area contributed by atoms with E-state index in [9.17, 15) is 28.8 Å². The van der Waals surface area contributed by atoms with E-state index in [1.165, 1.54) is 12.0 Å². The standard InChI is InChI=1S/C38H42N6O8Si/c1-37(33(47)39-35(49)40-37)20-42-19-26-16-24(9-13-29(26)31(42)45)23-6-10-27(11-7-23)38(21-43-18-25-8-12-28(51-2)17-30(25)32(43)46)34(48)44(36(50)41-38)22-52-14-15-53(3,4)5/h6-13,16-17H,14-15,18-22H2,1-5H3,(H,41,50)(H2,39,40,47,49)/t37?,38-/m0/s1. The Kier molecular flexibility index (Phi) is 8.89. The number of benzene rings is 3. The van der Waals surface area contributed by atoms with Crippen LogP contribution >= 0.6 is 0 Å². The van der Waals surface area contributed by atoms with Crippen molar-refractivity contribution >= 4 is 43.8 Å². The van der Waals surface area contributed by atoms with Crippen LogP contribution in [-0.4, -0.2) is 97.5 Å². The number of nitrogens with zero attached hydrogens (tertiary/aromatic N) is 3. The third kappa shape index (κ3) is 6.54. The minimum Gasteiger partial charge on any atom is -0.497 e. The number of carbonyl (C=O) groups excluding carboxylic acids is 6. The first-order chi connectivity index (χ1) is 25.1. The van der Waals surface area contributed by atoms with Crippen LogP contribution in [0.25, 0.3) is 11.1 Å². The summed E-state index contributed by atoms with van der Waals surface area (Å²) in [4.78, 5) is 83.0. The number of ether oxygens (including phenoxy) is 2. The molecule has 7 rings (SSSR count). The first kappa shape index (κ1) is 35.8. The smallest absolute Gasteiger partial charge is 0.327 e.